The predicted molar refractivity (Wildman–Crippen MR) is 79.6 cm³/mol. The lowest BCUT2D eigenvalue weighted by Gasteiger charge is -2.31. The molecule has 1 saturated heterocycles. The molecule has 0 spiro atoms. The topological polar surface area (TPSA) is 43.7 Å². The molecule has 0 saturated carbocycles. The average molecular weight is 281 g/mol. The molecule has 1 unspecified atom stereocenters. The van der Waals surface area contributed by atoms with Gasteiger partial charge >= 0.3 is 0 Å². The standard InChI is InChI=1S/C15H23NO2S/c1-11-9-12(3-4-15(11)19-2)14(18)10-16-7-5-13(17)6-8-16/h3-4,9,13-14,17-18H,5-8,10H2,1-2H3. The maximum Gasteiger partial charge on any atom is 0.0917 e. The third-order valence-corrected chi connectivity index (χ3v) is 4.69. The van der Waals surface area contributed by atoms with Gasteiger partial charge in [-0.05, 0) is 43.2 Å². The Hall–Kier alpha value is -0.550. The van der Waals surface area contributed by atoms with Crippen molar-refractivity contribution in [1.29, 1.82) is 0 Å². The molecule has 0 bridgehead atoms. The van der Waals surface area contributed by atoms with Crippen LogP contribution < -0.4 is 0 Å². The summed E-state index contributed by atoms with van der Waals surface area (Å²) in [5.74, 6) is 0. The highest BCUT2D eigenvalue weighted by atomic mass is 32.2. The molecule has 4 heteroatoms. The van der Waals surface area contributed by atoms with Gasteiger partial charge in [-0.2, -0.15) is 0 Å². The predicted octanol–water partition coefficient (Wildman–Crippen LogP) is 2.21. The van der Waals surface area contributed by atoms with E-state index < -0.39 is 6.10 Å². The van der Waals surface area contributed by atoms with E-state index in [-0.39, 0.29) is 6.10 Å². The number of hydrogen-bond donors (Lipinski definition) is 2. The number of aliphatic hydroxyl groups is 2. The van der Waals surface area contributed by atoms with E-state index in [4.69, 9.17) is 0 Å². The van der Waals surface area contributed by atoms with Crippen molar-refractivity contribution in [2.75, 3.05) is 25.9 Å². The van der Waals surface area contributed by atoms with Gasteiger partial charge in [0.2, 0.25) is 0 Å². The van der Waals surface area contributed by atoms with E-state index in [2.05, 4.69) is 30.2 Å². The number of aryl methyl sites for hydroxylation is 1. The second-order valence-corrected chi connectivity index (χ2v) is 6.12. The fraction of sp³-hybridized carbons (Fsp3) is 0.600. The highest BCUT2D eigenvalue weighted by Crippen LogP contribution is 2.24. The van der Waals surface area contributed by atoms with Gasteiger partial charge in [0.15, 0.2) is 0 Å². The molecule has 0 amide bonds. The van der Waals surface area contributed by atoms with E-state index in [0.29, 0.717) is 6.54 Å². The fourth-order valence-corrected chi connectivity index (χ4v) is 3.15. The van der Waals surface area contributed by atoms with Gasteiger partial charge in [-0.15, -0.1) is 11.8 Å². The lowest BCUT2D eigenvalue weighted by molar-refractivity contribution is 0.0508. The van der Waals surface area contributed by atoms with Gasteiger partial charge in [-0.1, -0.05) is 12.1 Å². The summed E-state index contributed by atoms with van der Waals surface area (Å²) in [5, 5.41) is 19.8. The molecule has 1 aromatic rings. The third kappa shape index (κ3) is 3.96. The smallest absolute Gasteiger partial charge is 0.0917 e. The van der Waals surface area contributed by atoms with Crippen LogP contribution in [0.2, 0.25) is 0 Å². The molecule has 0 aliphatic carbocycles. The number of hydrogen-bond acceptors (Lipinski definition) is 4. The Morgan fingerprint density at radius 3 is 2.63 bits per heavy atom. The van der Waals surface area contributed by atoms with Crippen LogP contribution >= 0.6 is 11.8 Å². The lowest BCUT2D eigenvalue weighted by Crippen LogP contribution is -2.38. The number of β-amino-alcohol motifs (C(OH)–C–C–N with tert-alkyl or cyclic N) is 1. The summed E-state index contributed by atoms with van der Waals surface area (Å²) in [4.78, 5) is 3.49. The molecule has 1 atom stereocenters. The van der Waals surface area contributed by atoms with Crippen molar-refractivity contribution < 1.29 is 10.2 Å². The Balaban J connectivity index is 1.96. The SMILES string of the molecule is CSc1ccc(C(O)CN2CCC(O)CC2)cc1C. The third-order valence-electron chi connectivity index (χ3n) is 3.79. The summed E-state index contributed by atoms with van der Waals surface area (Å²) < 4.78 is 0. The minimum absolute atomic E-state index is 0.156. The van der Waals surface area contributed by atoms with Crippen molar-refractivity contribution in [3.8, 4) is 0 Å². The van der Waals surface area contributed by atoms with Crippen molar-refractivity contribution in [2.45, 2.75) is 36.9 Å². The summed E-state index contributed by atoms with van der Waals surface area (Å²) in [6.45, 7) is 4.49. The molecule has 2 rings (SSSR count). The van der Waals surface area contributed by atoms with Crippen molar-refractivity contribution >= 4 is 11.8 Å². The summed E-state index contributed by atoms with van der Waals surface area (Å²) in [6, 6.07) is 6.18. The Bertz CT molecular complexity index is 417. The van der Waals surface area contributed by atoms with Gasteiger partial charge in [0.1, 0.15) is 0 Å². The molecule has 1 aliphatic heterocycles. The van der Waals surface area contributed by atoms with E-state index in [9.17, 15) is 10.2 Å². The maximum atomic E-state index is 10.3. The number of piperidine rings is 1. The number of rotatable bonds is 4. The zero-order valence-electron chi connectivity index (χ0n) is 11.7. The monoisotopic (exact) mass is 281 g/mol. The first-order valence-corrected chi connectivity index (χ1v) is 8.05. The van der Waals surface area contributed by atoms with Crippen molar-refractivity contribution in [3.05, 3.63) is 29.3 Å². The zero-order chi connectivity index (χ0) is 13.8. The average Bonchev–Trinajstić information content (AvgIpc) is 2.41. The largest absolute Gasteiger partial charge is 0.393 e. The zero-order valence-corrected chi connectivity index (χ0v) is 12.5. The number of likely N-dealkylation sites (tertiary alicyclic amines) is 1. The van der Waals surface area contributed by atoms with E-state index in [1.165, 1.54) is 10.5 Å². The molecule has 1 aromatic carbocycles. The van der Waals surface area contributed by atoms with Crippen LogP contribution in [0, 0.1) is 6.92 Å². The molecule has 1 aliphatic rings. The molecule has 1 fully saturated rings. The van der Waals surface area contributed by atoms with Crippen LogP contribution in [0.15, 0.2) is 23.1 Å². The molecule has 1 heterocycles. The van der Waals surface area contributed by atoms with E-state index in [1.54, 1.807) is 11.8 Å². The molecule has 19 heavy (non-hydrogen) atoms. The van der Waals surface area contributed by atoms with Gasteiger partial charge in [0.25, 0.3) is 0 Å². The molecule has 0 aromatic heterocycles. The number of thioether (sulfide) groups is 1. The first-order valence-electron chi connectivity index (χ1n) is 6.83. The highest BCUT2D eigenvalue weighted by Gasteiger charge is 2.20. The van der Waals surface area contributed by atoms with Gasteiger partial charge < -0.3 is 15.1 Å². The summed E-state index contributed by atoms with van der Waals surface area (Å²) >= 11 is 1.73. The Labute approximate surface area is 119 Å². The highest BCUT2D eigenvalue weighted by molar-refractivity contribution is 7.98. The van der Waals surface area contributed by atoms with Crippen LogP contribution in [0.4, 0.5) is 0 Å². The summed E-state index contributed by atoms with van der Waals surface area (Å²) in [7, 11) is 0. The quantitative estimate of drug-likeness (QED) is 0.831. The summed E-state index contributed by atoms with van der Waals surface area (Å²) in [6.07, 6.45) is 3.10. The van der Waals surface area contributed by atoms with Gasteiger partial charge in [-0.25, -0.2) is 0 Å². The van der Waals surface area contributed by atoms with E-state index in [0.717, 1.165) is 31.5 Å². The molecule has 106 valence electrons. The number of nitrogens with zero attached hydrogens (tertiary/aromatic N) is 1. The second kappa shape index (κ2) is 6.75. The minimum atomic E-state index is -0.440. The Morgan fingerprint density at radius 2 is 2.05 bits per heavy atom. The lowest BCUT2D eigenvalue weighted by atomic mass is 10.0. The van der Waals surface area contributed by atoms with Crippen LogP contribution in [-0.2, 0) is 0 Å². The molecule has 2 N–H and O–H groups in total. The van der Waals surface area contributed by atoms with E-state index >= 15 is 0 Å². The fourth-order valence-electron chi connectivity index (χ4n) is 2.56. The molecular formula is C15H23NO2S. The van der Waals surface area contributed by atoms with Crippen LogP contribution in [0.1, 0.15) is 30.1 Å². The van der Waals surface area contributed by atoms with Crippen LogP contribution in [0.25, 0.3) is 0 Å². The Morgan fingerprint density at radius 1 is 1.37 bits per heavy atom. The van der Waals surface area contributed by atoms with Crippen molar-refractivity contribution in [2.24, 2.45) is 0 Å². The van der Waals surface area contributed by atoms with Crippen molar-refractivity contribution in [1.82, 2.24) is 4.90 Å². The molecule has 3 nitrogen and oxygen atoms in total. The Kier molecular flexibility index (Phi) is 5.28. The molecule has 0 radical (unpaired) electrons. The first-order chi connectivity index (χ1) is 9.10. The summed E-state index contributed by atoms with van der Waals surface area (Å²) in [5.41, 5.74) is 2.21. The van der Waals surface area contributed by atoms with Crippen LogP contribution in [0.3, 0.4) is 0 Å². The van der Waals surface area contributed by atoms with Gasteiger partial charge in [0, 0.05) is 24.5 Å². The van der Waals surface area contributed by atoms with Gasteiger partial charge in [-0.3, -0.25) is 0 Å². The normalized spacial score (nSPS) is 19.6. The number of benzene rings is 1. The number of aliphatic hydroxyl groups excluding tert-OH is 2. The first kappa shape index (κ1) is 14.9. The van der Waals surface area contributed by atoms with E-state index in [1.807, 2.05) is 6.07 Å². The minimum Gasteiger partial charge on any atom is -0.393 e. The molecular weight excluding hydrogens is 258 g/mol. The van der Waals surface area contributed by atoms with Crippen LogP contribution in [-0.4, -0.2) is 47.1 Å². The van der Waals surface area contributed by atoms with Crippen molar-refractivity contribution in [3.63, 3.8) is 0 Å². The van der Waals surface area contributed by atoms with Crippen LogP contribution in [0.5, 0.6) is 0 Å². The van der Waals surface area contributed by atoms with Gasteiger partial charge in [0.05, 0.1) is 12.2 Å². The second-order valence-electron chi connectivity index (χ2n) is 5.28. The maximum absolute atomic E-state index is 10.3.